The van der Waals surface area contributed by atoms with Gasteiger partial charge in [-0.15, -0.1) is 0 Å². The van der Waals surface area contributed by atoms with E-state index in [1.807, 2.05) is 13.8 Å². The maximum Gasteiger partial charge on any atom is 0.421 e. The molecule has 9 heteroatoms. The average Bonchev–Trinajstić information content (AvgIpc) is 2.73. The highest BCUT2D eigenvalue weighted by atomic mass is 19.4. The Labute approximate surface area is 178 Å². The quantitative estimate of drug-likeness (QED) is 0.453. The summed E-state index contributed by atoms with van der Waals surface area (Å²) in [6, 6.07) is 13.5. The molecule has 0 aliphatic rings. The summed E-state index contributed by atoms with van der Waals surface area (Å²) in [5, 5.41) is 5.62. The van der Waals surface area contributed by atoms with Crippen LogP contribution >= 0.6 is 0 Å². The minimum absolute atomic E-state index is 0.0255. The lowest BCUT2D eigenvalue weighted by atomic mass is 10.2. The van der Waals surface area contributed by atoms with Gasteiger partial charge in [0.05, 0.1) is 13.7 Å². The molecular formula is C22H23F3N4O2. The van der Waals surface area contributed by atoms with Crippen LogP contribution in [0.25, 0.3) is 0 Å². The van der Waals surface area contributed by atoms with E-state index >= 15 is 0 Å². The molecular weight excluding hydrogens is 409 g/mol. The Morgan fingerprint density at radius 3 is 2.03 bits per heavy atom. The van der Waals surface area contributed by atoms with E-state index in [1.54, 1.807) is 55.6 Å². The van der Waals surface area contributed by atoms with E-state index in [0.29, 0.717) is 35.4 Å². The predicted octanol–water partition coefficient (Wildman–Crippen LogP) is 6.03. The Morgan fingerprint density at radius 2 is 1.48 bits per heavy atom. The number of hydrogen-bond donors (Lipinski definition) is 2. The van der Waals surface area contributed by atoms with Gasteiger partial charge in [-0.3, -0.25) is 0 Å². The fraction of sp³-hybridized carbons (Fsp3) is 0.273. The lowest BCUT2D eigenvalue weighted by molar-refractivity contribution is -0.137. The zero-order valence-corrected chi connectivity index (χ0v) is 17.3. The summed E-state index contributed by atoms with van der Waals surface area (Å²) in [7, 11) is 1.54. The van der Waals surface area contributed by atoms with Crippen LogP contribution in [0.2, 0.25) is 0 Å². The molecule has 6 nitrogen and oxygen atoms in total. The summed E-state index contributed by atoms with van der Waals surface area (Å²) in [6.07, 6.45) is -3.86. The van der Waals surface area contributed by atoms with Crippen LogP contribution in [-0.4, -0.2) is 23.7 Å². The predicted molar refractivity (Wildman–Crippen MR) is 113 cm³/mol. The summed E-state index contributed by atoms with van der Waals surface area (Å²) in [5.41, 5.74) is 0.0857. The van der Waals surface area contributed by atoms with Gasteiger partial charge in [0.25, 0.3) is 0 Å². The second kappa shape index (κ2) is 9.55. The normalized spacial score (nSPS) is 11.3. The summed E-state index contributed by atoms with van der Waals surface area (Å²) in [6.45, 7) is 4.61. The fourth-order valence-corrected chi connectivity index (χ4v) is 2.58. The first-order valence-corrected chi connectivity index (χ1v) is 9.60. The zero-order chi connectivity index (χ0) is 22.4. The maximum absolute atomic E-state index is 13.5. The highest BCUT2D eigenvalue weighted by Crippen LogP contribution is 2.35. The molecule has 3 rings (SSSR count). The number of anilines is 4. The van der Waals surface area contributed by atoms with Crippen LogP contribution < -0.4 is 20.1 Å². The molecule has 0 bridgehead atoms. The molecule has 3 aromatic rings. The summed E-state index contributed by atoms with van der Waals surface area (Å²) < 4.78 is 51.1. The molecule has 31 heavy (non-hydrogen) atoms. The van der Waals surface area contributed by atoms with E-state index in [9.17, 15) is 13.2 Å². The van der Waals surface area contributed by atoms with Crippen molar-refractivity contribution in [2.45, 2.75) is 20.0 Å². The highest BCUT2D eigenvalue weighted by Gasteiger charge is 2.35. The van der Waals surface area contributed by atoms with Gasteiger partial charge in [0.2, 0.25) is 5.95 Å². The second-order valence-corrected chi connectivity index (χ2v) is 7.16. The van der Waals surface area contributed by atoms with Crippen LogP contribution in [0.3, 0.4) is 0 Å². The van der Waals surface area contributed by atoms with Gasteiger partial charge in [-0.2, -0.15) is 18.2 Å². The molecule has 1 aromatic heterocycles. The minimum Gasteiger partial charge on any atom is -0.497 e. The van der Waals surface area contributed by atoms with Gasteiger partial charge in [0.1, 0.15) is 22.9 Å². The molecule has 1 heterocycles. The number of benzene rings is 2. The number of alkyl halides is 3. The number of ether oxygens (including phenoxy) is 2. The molecule has 0 amide bonds. The topological polar surface area (TPSA) is 68.3 Å². The summed E-state index contributed by atoms with van der Waals surface area (Å²) >= 11 is 0. The van der Waals surface area contributed by atoms with Crippen molar-refractivity contribution in [2.24, 2.45) is 5.92 Å². The van der Waals surface area contributed by atoms with Crippen LogP contribution in [0.15, 0.2) is 54.7 Å². The Bertz CT molecular complexity index is 991. The molecule has 164 valence electrons. The Morgan fingerprint density at radius 1 is 0.903 bits per heavy atom. The molecule has 0 saturated heterocycles. The van der Waals surface area contributed by atoms with Crippen LogP contribution in [0.1, 0.15) is 19.4 Å². The van der Waals surface area contributed by atoms with Gasteiger partial charge in [0.15, 0.2) is 0 Å². The minimum atomic E-state index is -4.61. The number of aromatic nitrogens is 2. The van der Waals surface area contributed by atoms with E-state index in [2.05, 4.69) is 20.6 Å². The first-order chi connectivity index (χ1) is 14.7. The lowest BCUT2D eigenvalue weighted by Gasteiger charge is -2.15. The van der Waals surface area contributed by atoms with Gasteiger partial charge in [0, 0.05) is 17.6 Å². The molecule has 2 aromatic carbocycles. The van der Waals surface area contributed by atoms with Crippen LogP contribution in [0.5, 0.6) is 11.5 Å². The second-order valence-electron chi connectivity index (χ2n) is 7.16. The summed E-state index contributed by atoms with van der Waals surface area (Å²) in [5.74, 6) is 1.33. The largest absolute Gasteiger partial charge is 0.497 e. The fourth-order valence-electron chi connectivity index (χ4n) is 2.58. The monoisotopic (exact) mass is 432 g/mol. The SMILES string of the molecule is COc1ccc(Nc2ncc(C(F)(F)F)c(Nc3ccc(OCC(C)C)cc3)n2)cc1. The van der Waals surface area contributed by atoms with Gasteiger partial charge < -0.3 is 20.1 Å². The third-order valence-corrected chi connectivity index (χ3v) is 4.14. The number of rotatable bonds is 8. The van der Waals surface area contributed by atoms with Crippen molar-refractivity contribution in [1.82, 2.24) is 9.97 Å². The molecule has 0 radical (unpaired) electrons. The van der Waals surface area contributed by atoms with Crippen molar-refractivity contribution in [3.05, 3.63) is 60.3 Å². The number of methoxy groups -OCH3 is 1. The molecule has 0 saturated carbocycles. The molecule has 0 fully saturated rings. The number of nitrogens with one attached hydrogen (secondary N) is 2. The Kier molecular flexibility index (Phi) is 6.84. The number of hydrogen-bond acceptors (Lipinski definition) is 6. The molecule has 0 spiro atoms. The van der Waals surface area contributed by atoms with Crippen molar-refractivity contribution >= 4 is 23.1 Å². The van der Waals surface area contributed by atoms with Crippen LogP contribution in [0, 0.1) is 5.92 Å². The smallest absolute Gasteiger partial charge is 0.421 e. The van der Waals surface area contributed by atoms with Crippen molar-refractivity contribution in [3.63, 3.8) is 0 Å². The van der Waals surface area contributed by atoms with Crippen molar-refractivity contribution in [1.29, 1.82) is 0 Å². The third-order valence-electron chi connectivity index (χ3n) is 4.14. The highest BCUT2D eigenvalue weighted by molar-refractivity contribution is 5.63. The third kappa shape index (κ3) is 6.24. The van der Waals surface area contributed by atoms with Gasteiger partial charge in [-0.25, -0.2) is 4.98 Å². The van der Waals surface area contributed by atoms with Crippen molar-refractivity contribution < 1.29 is 22.6 Å². The first kappa shape index (κ1) is 22.2. The zero-order valence-electron chi connectivity index (χ0n) is 17.3. The van der Waals surface area contributed by atoms with E-state index < -0.39 is 11.7 Å². The molecule has 0 aliphatic carbocycles. The molecule has 0 atom stereocenters. The standard InChI is InChI=1S/C22H23F3N4O2/c1-14(2)13-31-18-10-6-15(7-11-18)27-20-19(22(23,24)25)12-26-21(29-20)28-16-4-8-17(30-3)9-5-16/h4-12,14H,13H2,1-3H3,(H2,26,27,28,29). The summed E-state index contributed by atoms with van der Waals surface area (Å²) in [4.78, 5) is 7.85. The van der Waals surface area contributed by atoms with Crippen molar-refractivity contribution in [3.8, 4) is 11.5 Å². The molecule has 2 N–H and O–H groups in total. The van der Waals surface area contributed by atoms with Crippen LogP contribution in [0.4, 0.5) is 36.3 Å². The van der Waals surface area contributed by atoms with Crippen LogP contribution in [-0.2, 0) is 6.18 Å². The van der Waals surface area contributed by atoms with E-state index in [0.717, 1.165) is 6.20 Å². The maximum atomic E-state index is 13.5. The van der Waals surface area contributed by atoms with Gasteiger partial charge in [-0.1, -0.05) is 13.8 Å². The van der Waals surface area contributed by atoms with E-state index in [-0.39, 0.29) is 11.8 Å². The van der Waals surface area contributed by atoms with Gasteiger partial charge >= 0.3 is 6.18 Å². The Hall–Kier alpha value is -3.49. The van der Waals surface area contributed by atoms with E-state index in [4.69, 9.17) is 9.47 Å². The Balaban J connectivity index is 1.81. The van der Waals surface area contributed by atoms with Gasteiger partial charge in [-0.05, 0) is 54.4 Å². The lowest BCUT2D eigenvalue weighted by Crippen LogP contribution is -2.12. The molecule has 0 unspecified atom stereocenters. The first-order valence-electron chi connectivity index (χ1n) is 9.60. The molecule has 0 aliphatic heterocycles. The number of halogens is 3. The average molecular weight is 432 g/mol. The number of nitrogens with zero attached hydrogens (tertiary/aromatic N) is 2. The van der Waals surface area contributed by atoms with Crippen molar-refractivity contribution in [2.75, 3.05) is 24.4 Å². The van der Waals surface area contributed by atoms with E-state index in [1.165, 1.54) is 0 Å².